The van der Waals surface area contributed by atoms with Crippen LogP contribution in [0.4, 0.5) is 17.6 Å². The molecule has 0 heterocycles. The van der Waals surface area contributed by atoms with Crippen molar-refractivity contribution in [3.05, 3.63) is 35.1 Å². The van der Waals surface area contributed by atoms with Gasteiger partial charge in [0.1, 0.15) is 5.82 Å². The monoisotopic (exact) mass is 250 g/mol. The maximum Gasteiger partial charge on any atom is 0.419 e. The fraction of sp³-hybridized carbons (Fsp3) is 0.300. The molecular formula is C10H10F4N2O. The van der Waals surface area contributed by atoms with Gasteiger partial charge in [0.25, 0.3) is 5.91 Å². The van der Waals surface area contributed by atoms with E-state index in [1.807, 2.05) is 0 Å². The second-order valence-electron chi connectivity index (χ2n) is 3.21. The van der Waals surface area contributed by atoms with E-state index < -0.39 is 29.0 Å². The van der Waals surface area contributed by atoms with Crippen molar-refractivity contribution in [1.82, 2.24) is 5.32 Å². The molecular weight excluding hydrogens is 240 g/mol. The van der Waals surface area contributed by atoms with Crippen LogP contribution in [0.2, 0.25) is 0 Å². The van der Waals surface area contributed by atoms with Crippen LogP contribution in [0, 0.1) is 5.82 Å². The number of carbonyl (C=O) groups is 1. The van der Waals surface area contributed by atoms with Gasteiger partial charge in [-0.05, 0) is 12.1 Å². The van der Waals surface area contributed by atoms with Crippen LogP contribution >= 0.6 is 0 Å². The van der Waals surface area contributed by atoms with E-state index in [4.69, 9.17) is 5.73 Å². The largest absolute Gasteiger partial charge is 0.419 e. The number of hydrogen-bond donors (Lipinski definition) is 2. The standard InChI is InChI=1S/C10H10F4N2O/c11-8-6(9(17)16-5-4-15)2-1-3-7(8)10(12,13)14/h1-3H,4-5,15H2,(H,16,17). The molecule has 0 spiro atoms. The third-order valence-corrected chi connectivity index (χ3v) is 1.98. The minimum atomic E-state index is -4.83. The lowest BCUT2D eigenvalue weighted by Crippen LogP contribution is -2.30. The fourth-order valence-corrected chi connectivity index (χ4v) is 1.21. The Kier molecular flexibility index (Phi) is 4.06. The maximum atomic E-state index is 13.4. The molecule has 0 aliphatic rings. The van der Waals surface area contributed by atoms with Crippen molar-refractivity contribution in [2.45, 2.75) is 6.18 Å². The molecule has 94 valence electrons. The van der Waals surface area contributed by atoms with Crippen molar-refractivity contribution in [1.29, 1.82) is 0 Å². The Hall–Kier alpha value is -1.63. The smallest absolute Gasteiger partial charge is 0.351 e. The summed E-state index contributed by atoms with van der Waals surface area (Å²) in [5.74, 6) is -2.49. The Bertz CT molecular complexity index is 417. The van der Waals surface area contributed by atoms with Gasteiger partial charge in [-0.3, -0.25) is 4.79 Å². The maximum absolute atomic E-state index is 13.4. The molecule has 0 saturated carbocycles. The number of rotatable bonds is 3. The van der Waals surface area contributed by atoms with Crippen LogP contribution in [0.1, 0.15) is 15.9 Å². The number of nitrogens with one attached hydrogen (secondary N) is 1. The van der Waals surface area contributed by atoms with Crippen molar-refractivity contribution < 1.29 is 22.4 Å². The molecule has 0 unspecified atom stereocenters. The molecule has 1 rings (SSSR count). The minimum Gasteiger partial charge on any atom is -0.351 e. The van der Waals surface area contributed by atoms with E-state index in [1.165, 1.54) is 0 Å². The molecule has 3 nitrogen and oxygen atoms in total. The van der Waals surface area contributed by atoms with Gasteiger partial charge in [0, 0.05) is 13.1 Å². The molecule has 0 aliphatic carbocycles. The van der Waals surface area contributed by atoms with Gasteiger partial charge in [-0.15, -0.1) is 0 Å². The number of nitrogens with two attached hydrogens (primary N) is 1. The molecule has 0 atom stereocenters. The zero-order valence-electron chi connectivity index (χ0n) is 8.64. The van der Waals surface area contributed by atoms with Crippen molar-refractivity contribution in [2.24, 2.45) is 5.73 Å². The number of benzene rings is 1. The molecule has 17 heavy (non-hydrogen) atoms. The van der Waals surface area contributed by atoms with Crippen LogP contribution < -0.4 is 11.1 Å². The van der Waals surface area contributed by atoms with E-state index in [0.717, 1.165) is 12.1 Å². The molecule has 1 aromatic carbocycles. The summed E-state index contributed by atoms with van der Waals surface area (Å²) in [4.78, 5) is 11.3. The second-order valence-corrected chi connectivity index (χ2v) is 3.21. The van der Waals surface area contributed by atoms with Crippen LogP contribution in [0.25, 0.3) is 0 Å². The molecule has 0 aromatic heterocycles. The number of alkyl halides is 3. The minimum absolute atomic E-state index is 0.0640. The summed E-state index contributed by atoms with van der Waals surface area (Å²) in [5.41, 5.74) is 3.00. The third kappa shape index (κ3) is 3.16. The summed E-state index contributed by atoms with van der Waals surface area (Å²) in [6, 6.07) is 2.54. The van der Waals surface area contributed by atoms with Gasteiger partial charge >= 0.3 is 6.18 Å². The van der Waals surface area contributed by atoms with Gasteiger partial charge in [0.2, 0.25) is 0 Å². The highest BCUT2D eigenvalue weighted by Gasteiger charge is 2.35. The van der Waals surface area contributed by atoms with E-state index in [-0.39, 0.29) is 13.1 Å². The summed E-state index contributed by atoms with van der Waals surface area (Å²) in [7, 11) is 0. The number of carbonyl (C=O) groups excluding carboxylic acids is 1. The lowest BCUT2D eigenvalue weighted by atomic mass is 10.1. The second kappa shape index (κ2) is 5.13. The van der Waals surface area contributed by atoms with E-state index in [0.29, 0.717) is 6.07 Å². The number of hydrogen-bond acceptors (Lipinski definition) is 2. The Labute approximate surface area is 94.6 Å². The highest BCUT2D eigenvalue weighted by Crippen LogP contribution is 2.32. The molecule has 0 bridgehead atoms. The van der Waals surface area contributed by atoms with E-state index in [1.54, 1.807) is 0 Å². The predicted molar refractivity (Wildman–Crippen MR) is 52.8 cm³/mol. The highest BCUT2D eigenvalue weighted by molar-refractivity contribution is 5.94. The van der Waals surface area contributed by atoms with Crippen LogP contribution in [0.3, 0.4) is 0 Å². The first kappa shape index (κ1) is 13.4. The molecule has 0 radical (unpaired) electrons. The van der Waals surface area contributed by atoms with E-state index in [2.05, 4.69) is 5.32 Å². The average molecular weight is 250 g/mol. The topological polar surface area (TPSA) is 55.1 Å². The average Bonchev–Trinajstić information content (AvgIpc) is 2.24. The summed E-state index contributed by atoms with van der Waals surface area (Å²) >= 11 is 0. The van der Waals surface area contributed by atoms with Gasteiger partial charge in [0.05, 0.1) is 11.1 Å². The molecule has 1 amide bonds. The first-order valence-corrected chi connectivity index (χ1v) is 4.72. The first-order chi connectivity index (χ1) is 7.88. The van der Waals surface area contributed by atoms with Crippen LogP contribution in [0.15, 0.2) is 18.2 Å². The predicted octanol–water partition coefficient (Wildman–Crippen LogP) is 1.53. The van der Waals surface area contributed by atoms with Crippen molar-refractivity contribution in [2.75, 3.05) is 13.1 Å². The Morgan fingerprint density at radius 1 is 1.35 bits per heavy atom. The molecule has 0 aliphatic heterocycles. The normalized spacial score (nSPS) is 11.4. The summed E-state index contributed by atoms with van der Waals surface area (Å²) in [6.45, 7) is 0.181. The highest BCUT2D eigenvalue weighted by atomic mass is 19.4. The van der Waals surface area contributed by atoms with Crippen LogP contribution in [-0.4, -0.2) is 19.0 Å². The number of amides is 1. The Morgan fingerprint density at radius 3 is 2.53 bits per heavy atom. The summed E-state index contributed by atoms with van der Waals surface area (Å²) in [6.07, 6.45) is -4.83. The Morgan fingerprint density at radius 2 is 2.00 bits per heavy atom. The van der Waals surface area contributed by atoms with Gasteiger partial charge in [-0.2, -0.15) is 13.2 Å². The van der Waals surface area contributed by atoms with Crippen molar-refractivity contribution >= 4 is 5.91 Å². The summed E-state index contributed by atoms with van der Waals surface area (Å²) < 4.78 is 50.5. The lowest BCUT2D eigenvalue weighted by Gasteiger charge is -2.10. The van der Waals surface area contributed by atoms with Gasteiger partial charge in [-0.1, -0.05) is 6.07 Å². The number of halogens is 4. The van der Waals surface area contributed by atoms with Crippen molar-refractivity contribution in [3.63, 3.8) is 0 Å². The van der Waals surface area contributed by atoms with Gasteiger partial charge < -0.3 is 11.1 Å². The molecule has 1 aromatic rings. The van der Waals surface area contributed by atoms with Crippen LogP contribution in [0.5, 0.6) is 0 Å². The summed E-state index contributed by atoms with van der Waals surface area (Å²) in [5, 5.41) is 2.20. The van der Waals surface area contributed by atoms with Gasteiger partial charge in [-0.25, -0.2) is 4.39 Å². The first-order valence-electron chi connectivity index (χ1n) is 4.72. The zero-order chi connectivity index (χ0) is 13.1. The van der Waals surface area contributed by atoms with Gasteiger partial charge in [0.15, 0.2) is 0 Å². The third-order valence-electron chi connectivity index (χ3n) is 1.98. The fourth-order valence-electron chi connectivity index (χ4n) is 1.21. The Balaban J connectivity index is 3.06. The van der Waals surface area contributed by atoms with E-state index >= 15 is 0 Å². The van der Waals surface area contributed by atoms with E-state index in [9.17, 15) is 22.4 Å². The quantitative estimate of drug-likeness (QED) is 0.799. The molecule has 3 N–H and O–H groups in total. The lowest BCUT2D eigenvalue weighted by molar-refractivity contribution is -0.140. The van der Waals surface area contributed by atoms with Crippen molar-refractivity contribution in [3.8, 4) is 0 Å². The zero-order valence-corrected chi connectivity index (χ0v) is 8.64. The molecule has 7 heteroatoms. The van der Waals surface area contributed by atoms with Crippen LogP contribution in [-0.2, 0) is 6.18 Å². The molecule has 0 saturated heterocycles. The SMILES string of the molecule is NCCNC(=O)c1cccc(C(F)(F)F)c1F. The molecule has 0 fully saturated rings.